The lowest BCUT2D eigenvalue weighted by molar-refractivity contribution is -0.132. The largest absolute Gasteiger partial charge is 0.381 e. The number of carbonyl (C=O) groups excluding carboxylic acids is 2. The minimum absolute atomic E-state index is 0.00413. The molecule has 2 heterocycles. The second-order valence-corrected chi connectivity index (χ2v) is 8.54. The van der Waals surface area contributed by atoms with Crippen molar-refractivity contribution < 1.29 is 27.5 Å². The van der Waals surface area contributed by atoms with E-state index in [2.05, 4.69) is 4.98 Å². The van der Waals surface area contributed by atoms with Gasteiger partial charge in [-0.1, -0.05) is 0 Å². The van der Waals surface area contributed by atoms with Crippen molar-refractivity contribution in [3.63, 3.8) is 0 Å². The van der Waals surface area contributed by atoms with Gasteiger partial charge in [0.2, 0.25) is 0 Å². The van der Waals surface area contributed by atoms with Gasteiger partial charge in [0, 0.05) is 0 Å². The van der Waals surface area contributed by atoms with Gasteiger partial charge in [-0.25, -0.2) is 9.37 Å². The number of carbonyl (C=O) groups is 2. The summed E-state index contributed by atoms with van der Waals surface area (Å²) in [4.78, 5) is 27.8. The highest BCUT2D eigenvalue weighted by atomic mass is 32.2. The van der Waals surface area contributed by atoms with Gasteiger partial charge in [0.05, 0.1) is 11.8 Å². The van der Waals surface area contributed by atoms with Crippen molar-refractivity contribution in [2.24, 2.45) is 5.73 Å². The van der Waals surface area contributed by atoms with Gasteiger partial charge < -0.3 is 10.8 Å². The Morgan fingerprint density at radius 2 is 2.00 bits per heavy atom. The van der Waals surface area contributed by atoms with E-state index in [1.54, 1.807) is 0 Å². The average Bonchev–Trinajstić information content (AvgIpc) is 2.98. The summed E-state index contributed by atoms with van der Waals surface area (Å²) in [5.41, 5.74) is 2.94. The lowest BCUT2D eigenvalue weighted by Crippen LogP contribution is -2.48. The smallest absolute Gasteiger partial charge is 0.289 e. The van der Waals surface area contributed by atoms with E-state index >= 15 is 0 Å². The number of halogens is 1. The molecule has 0 unspecified atom stereocenters. The number of hydrogen-bond acceptors (Lipinski definition) is 7. The highest BCUT2D eigenvalue weighted by Crippen LogP contribution is 2.34. The van der Waals surface area contributed by atoms with E-state index in [4.69, 9.17) is 5.73 Å². The molecule has 0 fully saturated rings. The fourth-order valence-corrected chi connectivity index (χ4v) is 4.64. The molecule has 0 saturated carbocycles. The Kier molecular flexibility index (Phi) is 5.17. The van der Waals surface area contributed by atoms with Gasteiger partial charge in [-0.3, -0.25) is 9.59 Å². The van der Waals surface area contributed by atoms with Crippen LogP contribution < -0.4 is 10.0 Å². The van der Waals surface area contributed by atoms with Gasteiger partial charge in [-0.15, -0.1) is 11.3 Å². The van der Waals surface area contributed by atoms with E-state index < -0.39 is 38.3 Å². The number of sulfonamides is 1. The molecule has 0 aliphatic carbocycles. The zero-order valence-electron chi connectivity index (χ0n) is 14.1. The normalized spacial score (nSPS) is 12.0. The first-order chi connectivity index (χ1) is 11.9. The third kappa shape index (κ3) is 3.59. The number of aryl methyl sites for hydroxylation is 1. The number of anilines is 1. The Hall–Kier alpha value is -2.37. The van der Waals surface area contributed by atoms with Crippen LogP contribution in [-0.2, 0) is 14.8 Å². The van der Waals surface area contributed by atoms with Crippen LogP contribution in [0.4, 0.5) is 9.39 Å². The molecule has 8 nitrogen and oxygen atoms in total. The SMILES string of the molecule is Cc1cc(S(=O)(=O)N(C(=O)C(C)(C)O)c2sccc2C(N)=O)ncc1F. The van der Waals surface area contributed by atoms with Crippen LogP contribution in [0.25, 0.3) is 0 Å². The van der Waals surface area contributed by atoms with Crippen molar-refractivity contribution in [2.75, 3.05) is 4.31 Å². The number of aliphatic hydroxyl groups is 1. The molecule has 0 aliphatic heterocycles. The molecule has 0 bridgehead atoms. The lowest BCUT2D eigenvalue weighted by atomic mass is 10.1. The third-order valence-electron chi connectivity index (χ3n) is 3.33. The Morgan fingerprint density at radius 1 is 1.38 bits per heavy atom. The first kappa shape index (κ1) is 19.9. The van der Waals surface area contributed by atoms with E-state index in [1.165, 1.54) is 18.4 Å². The van der Waals surface area contributed by atoms with Gasteiger partial charge in [0.25, 0.3) is 21.8 Å². The van der Waals surface area contributed by atoms with E-state index in [-0.39, 0.29) is 20.4 Å². The predicted molar refractivity (Wildman–Crippen MR) is 92.7 cm³/mol. The molecule has 0 saturated heterocycles. The maximum absolute atomic E-state index is 13.4. The van der Waals surface area contributed by atoms with Gasteiger partial charge in [0.15, 0.2) is 5.03 Å². The molecule has 11 heteroatoms. The van der Waals surface area contributed by atoms with Crippen LogP contribution in [0.1, 0.15) is 29.8 Å². The topological polar surface area (TPSA) is 131 Å². The summed E-state index contributed by atoms with van der Waals surface area (Å²) in [5.74, 6) is -2.89. The molecular formula is C15H16FN3O5S2. The van der Waals surface area contributed by atoms with Gasteiger partial charge in [-0.2, -0.15) is 12.7 Å². The average molecular weight is 401 g/mol. The van der Waals surface area contributed by atoms with Crippen LogP contribution in [-0.4, -0.2) is 35.9 Å². The molecule has 3 N–H and O–H groups in total. The number of pyridine rings is 1. The predicted octanol–water partition coefficient (Wildman–Crippen LogP) is 1.18. The second kappa shape index (κ2) is 6.74. The quantitative estimate of drug-likeness (QED) is 0.774. The first-order valence-corrected chi connectivity index (χ1v) is 9.51. The number of nitrogens with two attached hydrogens (primary N) is 1. The van der Waals surface area contributed by atoms with Crippen LogP contribution >= 0.6 is 11.3 Å². The minimum atomic E-state index is -4.65. The molecule has 26 heavy (non-hydrogen) atoms. The lowest BCUT2D eigenvalue weighted by Gasteiger charge is -2.27. The zero-order valence-corrected chi connectivity index (χ0v) is 15.7. The number of primary amides is 1. The van der Waals surface area contributed by atoms with Crippen molar-refractivity contribution in [3.05, 3.63) is 40.7 Å². The Bertz CT molecular complexity index is 979. The first-order valence-electron chi connectivity index (χ1n) is 7.19. The Labute approximate surface area is 153 Å². The van der Waals surface area contributed by atoms with Crippen molar-refractivity contribution >= 4 is 38.2 Å². The second-order valence-electron chi connectivity index (χ2n) is 5.91. The molecule has 0 aromatic carbocycles. The van der Waals surface area contributed by atoms with Crippen LogP contribution in [0.5, 0.6) is 0 Å². The summed E-state index contributed by atoms with van der Waals surface area (Å²) >= 11 is 0.771. The van der Waals surface area contributed by atoms with Crippen molar-refractivity contribution in [2.45, 2.75) is 31.4 Å². The summed E-state index contributed by atoms with van der Waals surface area (Å²) in [6.07, 6.45) is 0.707. The highest BCUT2D eigenvalue weighted by Gasteiger charge is 2.41. The van der Waals surface area contributed by atoms with E-state index in [9.17, 15) is 27.5 Å². The number of hydrogen-bond donors (Lipinski definition) is 2. The molecule has 2 rings (SSSR count). The molecular weight excluding hydrogens is 385 g/mol. The summed E-state index contributed by atoms with van der Waals surface area (Å²) in [6.45, 7) is 3.52. The Morgan fingerprint density at radius 3 is 2.50 bits per heavy atom. The van der Waals surface area contributed by atoms with Crippen LogP contribution in [0.2, 0.25) is 0 Å². The highest BCUT2D eigenvalue weighted by molar-refractivity contribution is 7.93. The monoisotopic (exact) mass is 401 g/mol. The molecule has 0 atom stereocenters. The number of amides is 2. The van der Waals surface area contributed by atoms with E-state index in [0.29, 0.717) is 6.20 Å². The number of aromatic nitrogens is 1. The minimum Gasteiger partial charge on any atom is -0.381 e. The number of rotatable bonds is 5. The molecule has 2 aromatic rings. The van der Waals surface area contributed by atoms with Crippen LogP contribution in [0.3, 0.4) is 0 Å². The number of nitrogens with zero attached hydrogens (tertiary/aromatic N) is 2. The van der Waals surface area contributed by atoms with E-state index in [1.807, 2.05) is 0 Å². The molecule has 2 amide bonds. The molecule has 140 valence electrons. The summed E-state index contributed by atoms with van der Waals surface area (Å²) < 4.78 is 39.8. The molecule has 0 spiro atoms. The van der Waals surface area contributed by atoms with Crippen molar-refractivity contribution in [1.82, 2.24) is 4.98 Å². The fraction of sp³-hybridized carbons (Fsp3) is 0.267. The third-order valence-corrected chi connectivity index (χ3v) is 5.92. The standard InChI is InChI=1S/C15H16FN3O5S2/c1-8-6-11(18-7-10(8)16)26(23,24)19(14(21)15(2,3)22)13-9(12(17)20)4-5-25-13/h4-7,22H,1-3H3,(H2,17,20). The maximum Gasteiger partial charge on any atom is 0.289 e. The van der Waals surface area contributed by atoms with Crippen LogP contribution in [0.15, 0.2) is 28.7 Å². The summed E-state index contributed by atoms with van der Waals surface area (Å²) in [6, 6.07) is 2.21. The Balaban J connectivity index is 2.75. The van der Waals surface area contributed by atoms with Gasteiger partial charge >= 0.3 is 0 Å². The van der Waals surface area contributed by atoms with Crippen LogP contribution in [0, 0.1) is 12.7 Å². The summed E-state index contributed by atoms with van der Waals surface area (Å²) in [7, 11) is -4.65. The fourth-order valence-electron chi connectivity index (χ4n) is 1.95. The van der Waals surface area contributed by atoms with Crippen molar-refractivity contribution in [1.29, 1.82) is 0 Å². The van der Waals surface area contributed by atoms with Gasteiger partial charge in [-0.05, 0) is 43.8 Å². The summed E-state index contributed by atoms with van der Waals surface area (Å²) in [5, 5.41) is 10.5. The van der Waals surface area contributed by atoms with Gasteiger partial charge in [0.1, 0.15) is 16.4 Å². The zero-order chi connectivity index (χ0) is 19.9. The molecule has 2 aromatic heterocycles. The molecule has 0 aliphatic rings. The van der Waals surface area contributed by atoms with Crippen molar-refractivity contribution in [3.8, 4) is 0 Å². The maximum atomic E-state index is 13.4. The molecule has 0 radical (unpaired) electrons. The number of thiophene rings is 1. The van der Waals surface area contributed by atoms with E-state index in [0.717, 1.165) is 31.3 Å².